The van der Waals surface area contributed by atoms with Crippen LogP contribution in [0.1, 0.15) is 15.2 Å². The number of hydrogen-bond donors (Lipinski definition) is 1. The molecular weight excluding hydrogens is 276 g/mol. The van der Waals surface area contributed by atoms with Gasteiger partial charge in [-0.2, -0.15) is 0 Å². The van der Waals surface area contributed by atoms with Gasteiger partial charge in [0.05, 0.1) is 10.4 Å². The zero-order valence-electron chi connectivity index (χ0n) is 11.0. The summed E-state index contributed by atoms with van der Waals surface area (Å²) in [6.45, 7) is 1.86. The van der Waals surface area contributed by atoms with Crippen molar-refractivity contribution >= 4 is 34.0 Å². The highest BCUT2D eigenvalue weighted by atomic mass is 32.1. The highest BCUT2D eigenvalue weighted by Gasteiger charge is 2.12. The van der Waals surface area contributed by atoms with Crippen LogP contribution < -0.4 is 11.1 Å². The number of carbonyl (C=O) groups is 1. The number of benzene rings is 1. The van der Waals surface area contributed by atoms with Gasteiger partial charge >= 0.3 is 5.76 Å². The molecule has 0 bridgehead atoms. The molecule has 3 aromatic rings. The molecule has 0 aliphatic heterocycles. The lowest BCUT2D eigenvalue weighted by Gasteiger charge is -2.07. The lowest BCUT2D eigenvalue weighted by Crippen LogP contribution is -2.12. The van der Waals surface area contributed by atoms with Gasteiger partial charge in [0.25, 0.3) is 5.91 Å². The third-order valence-corrected chi connectivity index (χ3v) is 4.00. The number of nitrogens with zero attached hydrogens (tertiary/aromatic N) is 1. The van der Waals surface area contributed by atoms with Crippen LogP contribution in [0.15, 0.2) is 38.9 Å². The normalized spacial score (nSPS) is 10.9. The summed E-state index contributed by atoms with van der Waals surface area (Å²) in [5, 5.41) is 4.71. The number of thiophene rings is 1. The van der Waals surface area contributed by atoms with Gasteiger partial charge in [0, 0.05) is 12.7 Å². The first-order valence-corrected chi connectivity index (χ1v) is 6.89. The van der Waals surface area contributed by atoms with Crippen molar-refractivity contribution in [2.45, 2.75) is 6.92 Å². The average molecular weight is 288 g/mol. The van der Waals surface area contributed by atoms with Crippen LogP contribution in [0.2, 0.25) is 0 Å². The number of amides is 1. The van der Waals surface area contributed by atoms with Crippen molar-refractivity contribution in [3.8, 4) is 0 Å². The molecular formula is C14H12N2O3S. The van der Waals surface area contributed by atoms with Crippen LogP contribution in [0.25, 0.3) is 11.1 Å². The van der Waals surface area contributed by atoms with Gasteiger partial charge in [0.15, 0.2) is 5.58 Å². The first-order chi connectivity index (χ1) is 9.56. The summed E-state index contributed by atoms with van der Waals surface area (Å²) in [5.74, 6) is -0.572. The van der Waals surface area contributed by atoms with E-state index in [0.29, 0.717) is 21.7 Å². The molecule has 0 atom stereocenters. The van der Waals surface area contributed by atoms with E-state index in [9.17, 15) is 9.59 Å². The van der Waals surface area contributed by atoms with Crippen molar-refractivity contribution in [2.75, 3.05) is 5.32 Å². The lowest BCUT2D eigenvalue weighted by atomic mass is 10.1. The minimum absolute atomic E-state index is 0.157. The molecule has 0 unspecified atom stereocenters. The molecule has 1 aromatic carbocycles. The van der Waals surface area contributed by atoms with E-state index >= 15 is 0 Å². The van der Waals surface area contributed by atoms with Gasteiger partial charge in [-0.3, -0.25) is 9.36 Å². The number of rotatable bonds is 2. The summed E-state index contributed by atoms with van der Waals surface area (Å²) < 4.78 is 6.52. The maximum absolute atomic E-state index is 12.1. The summed E-state index contributed by atoms with van der Waals surface area (Å²) in [5.41, 5.74) is 2.69. The predicted octanol–water partition coefficient (Wildman–Crippen LogP) is 2.75. The predicted molar refractivity (Wildman–Crippen MR) is 78.5 cm³/mol. The summed E-state index contributed by atoms with van der Waals surface area (Å²) >= 11 is 1.38. The number of hydrogen-bond acceptors (Lipinski definition) is 4. The topological polar surface area (TPSA) is 64.2 Å². The van der Waals surface area contributed by atoms with E-state index in [2.05, 4.69) is 5.32 Å². The van der Waals surface area contributed by atoms with E-state index in [1.165, 1.54) is 15.9 Å². The highest BCUT2D eigenvalue weighted by Crippen LogP contribution is 2.23. The Balaban J connectivity index is 2.03. The van der Waals surface area contributed by atoms with Crippen LogP contribution >= 0.6 is 11.3 Å². The van der Waals surface area contributed by atoms with Gasteiger partial charge in [-0.1, -0.05) is 6.07 Å². The quantitative estimate of drug-likeness (QED) is 0.788. The van der Waals surface area contributed by atoms with Crippen LogP contribution in [-0.4, -0.2) is 10.5 Å². The second-order valence-corrected chi connectivity index (χ2v) is 5.44. The molecule has 1 amide bonds. The van der Waals surface area contributed by atoms with Crippen LogP contribution in [0, 0.1) is 6.92 Å². The van der Waals surface area contributed by atoms with E-state index in [-0.39, 0.29) is 5.91 Å². The van der Waals surface area contributed by atoms with Gasteiger partial charge in [-0.05, 0) is 36.1 Å². The molecule has 0 fully saturated rings. The summed E-state index contributed by atoms with van der Waals surface area (Å²) in [6, 6.07) is 7.10. The molecule has 3 rings (SSSR count). The largest absolute Gasteiger partial charge is 0.419 e. The number of carbonyl (C=O) groups excluding carboxylic acids is 1. The Morgan fingerprint density at radius 2 is 2.20 bits per heavy atom. The first-order valence-electron chi connectivity index (χ1n) is 6.01. The molecule has 2 aromatic heterocycles. The lowest BCUT2D eigenvalue weighted by molar-refractivity contribution is 0.103. The summed E-state index contributed by atoms with van der Waals surface area (Å²) in [7, 11) is 1.63. The second-order valence-electron chi connectivity index (χ2n) is 4.49. The SMILES string of the molecule is Cc1cc2oc(=O)n(C)c2cc1NC(=O)c1cccs1. The molecule has 0 spiro atoms. The van der Waals surface area contributed by atoms with Crippen molar-refractivity contribution in [1.82, 2.24) is 4.57 Å². The standard InChI is InChI=1S/C14H12N2O3S/c1-8-6-11-10(16(2)14(18)19-11)7-9(8)15-13(17)12-4-3-5-20-12/h3-7H,1-2H3,(H,15,17). The number of aryl methyl sites for hydroxylation is 2. The maximum atomic E-state index is 12.1. The molecule has 102 valence electrons. The van der Waals surface area contributed by atoms with Crippen molar-refractivity contribution in [1.29, 1.82) is 0 Å². The molecule has 0 saturated carbocycles. The monoisotopic (exact) mass is 288 g/mol. The fourth-order valence-electron chi connectivity index (χ4n) is 2.00. The Morgan fingerprint density at radius 3 is 2.90 bits per heavy atom. The molecule has 0 radical (unpaired) electrons. The zero-order chi connectivity index (χ0) is 14.3. The molecule has 6 heteroatoms. The van der Waals surface area contributed by atoms with Gasteiger partial charge in [-0.25, -0.2) is 4.79 Å². The Hall–Kier alpha value is -2.34. The molecule has 20 heavy (non-hydrogen) atoms. The number of oxazole rings is 1. The molecule has 0 aliphatic carbocycles. The minimum atomic E-state index is -0.416. The Labute approximate surface area is 118 Å². The number of anilines is 1. The van der Waals surface area contributed by atoms with Crippen LogP contribution in [0.5, 0.6) is 0 Å². The van der Waals surface area contributed by atoms with Gasteiger partial charge in [0.1, 0.15) is 0 Å². The molecule has 0 aliphatic rings. The first kappa shape index (κ1) is 12.7. The maximum Gasteiger partial charge on any atom is 0.419 e. The van der Waals surface area contributed by atoms with E-state index in [1.807, 2.05) is 18.4 Å². The van der Waals surface area contributed by atoms with Crippen molar-refractivity contribution in [3.63, 3.8) is 0 Å². The smallest absolute Gasteiger partial charge is 0.408 e. The van der Waals surface area contributed by atoms with E-state index in [4.69, 9.17) is 4.42 Å². The average Bonchev–Trinajstić information content (AvgIpc) is 3.02. The molecule has 1 N–H and O–H groups in total. The van der Waals surface area contributed by atoms with Crippen molar-refractivity contribution in [3.05, 3.63) is 50.6 Å². The molecule has 5 nitrogen and oxygen atoms in total. The van der Waals surface area contributed by atoms with Crippen molar-refractivity contribution < 1.29 is 9.21 Å². The Bertz CT molecular complexity index is 843. The zero-order valence-corrected chi connectivity index (χ0v) is 11.8. The number of fused-ring (bicyclic) bond motifs is 1. The number of nitrogens with one attached hydrogen (secondary N) is 1. The molecule has 2 heterocycles. The number of aromatic nitrogens is 1. The summed E-state index contributed by atoms with van der Waals surface area (Å²) in [4.78, 5) is 24.2. The van der Waals surface area contributed by atoms with Gasteiger partial charge in [-0.15, -0.1) is 11.3 Å². The summed E-state index contributed by atoms with van der Waals surface area (Å²) in [6.07, 6.45) is 0. The van der Waals surface area contributed by atoms with Crippen LogP contribution in [-0.2, 0) is 7.05 Å². The third kappa shape index (κ3) is 2.04. The van der Waals surface area contributed by atoms with Crippen molar-refractivity contribution in [2.24, 2.45) is 7.05 Å². The van der Waals surface area contributed by atoms with E-state index in [1.54, 1.807) is 25.2 Å². The third-order valence-electron chi connectivity index (χ3n) is 3.13. The fourth-order valence-corrected chi connectivity index (χ4v) is 2.62. The highest BCUT2D eigenvalue weighted by molar-refractivity contribution is 7.12. The van der Waals surface area contributed by atoms with E-state index < -0.39 is 5.76 Å². The van der Waals surface area contributed by atoms with Gasteiger partial charge in [0.2, 0.25) is 0 Å². The van der Waals surface area contributed by atoms with Crippen LogP contribution in [0.4, 0.5) is 5.69 Å². The van der Waals surface area contributed by atoms with Crippen LogP contribution in [0.3, 0.4) is 0 Å². The molecule has 0 saturated heterocycles. The van der Waals surface area contributed by atoms with E-state index in [0.717, 1.165) is 5.56 Å². The Morgan fingerprint density at radius 1 is 1.40 bits per heavy atom. The van der Waals surface area contributed by atoms with Gasteiger partial charge < -0.3 is 9.73 Å². The minimum Gasteiger partial charge on any atom is -0.408 e. The fraction of sp³-hybridized carbons (Fsp3) is 0.143. The Kier molecular flexibility index (Phi) is 2.94. The second kappa shape index (κ2) is 4.64.